The van der Waals surface area contributed by atoms with Crippen LogP contribution >= 0.6 is 0 Å². The van der Waals surface area contributed by atoms with Gasteiger partial charge in [-0.15, -0.1) is 0 Å². The lowest BCUT2D eigenvalue weighted by Crippen LogP contribution is -2.25. The van der Waals surface area contributed by atoms with Gasteiger partial charge in [-0.3, -0.25) is 0 Å². The molecule has 0 bridgehead atoms. The fourth-order valence-electron chi connectivity index (χ4n) is 22.6. The standard InChI is InChI=1S/2C20H20F4.2C20H28F2.C20H26F2.C14H16F2.7H2/c2*1-11-3-6-13(7-4-11)14-9-10-16(20(24)18(14)22)15-8-5-12(2)17(21)19(15)23;3*1-13-3-6-15(7-4-13)16-8-10-17(11-9-16)18-12-5-14(2)19(21)20(18)22;1-9-3-6-11(7-4-9)12-8-5-10(2)13(15)14(12)16;;;;;;;/h2*5,8-11,13H,3-4,6-7H2,1-2H3;2*5,12-13,15-17H,3-4,6-11H2,1-2H3;5,10,12-13,15-16H,3-4,6-9,11H2,1-2H3;5-6,8-9H,3-4,7H2,1-2H3;7*1H. The second-order valence-electron chi connectivity index (χ2n) is 41.2. The molecule has 17 rings (SSSR count). The highest BCUT2D eigenvalue weighted by Gasteiger charge is 2.37. The van der Waals surface area contributed by atoms with E-state index in [0.717, 1.165) is 180 Å². The number of benzene rings is 8. The van der Waals surface area contributed by atoms with Gasteiger partial charge < -0.3 is 0 Å². The van der Waals surface area contributed by atoms with E-state index in [-0.39, 0.29) is 67.0 Å². The van der Waals surface area contributed by atoms with Gasteiger partial charge >= 0.3 is 0 Å². The maximum Gasteiger partial charge on any atom is 0.167 e. The van der Waals surface area contributed by atoms with Gasteiger partial charge in [-0.1, -0.05) is 215 Å². The third-order valence-corrected chi connectivity index (χ3v) is 31.8. The third-order valence-electron chi connectivity index (χ3n) is 31.8. The van der Waals surface area contributed by atoms with Crippen LogP contribution in [0.3, 0.4) is 0 Å². The van der Waals surface area contributed by atoms with Crippen molar-refractivity contribution < 1.29 is 80.2 Å². The van der Waals surface area contributed by atoms with E-state index in [1.807, 2.05) is 6.08 Å². The highest BCUT2D eigenvalue weighted by molar-refractivity contribution is 5.70. The molecule has 0 radical (unpaired) electrons. The normalized spacial score (nSPS) is 26.4. The van der Waals surface area contributed by atoms with Crippen LogP contribution < -0.4 is 0 Å². The molecule has 0 heterocycles. The second-order valence-corrected chi connectivity index (χ2v) is 41.2. The van der Waals surface area contributed by atoms with Crippen LogP contribution in [-0.2, 0) is 0 Å². The maximum absolute atomic E-state index is 14.5. The molecule has 0 aliphatic heterocycles. The minimum Gasteiger partial charge on any atom is -0.203 e. The maximum atomic E-state index is 14.5. The Bertz CT molecular complexity index is 4980. The monoisotopic (exact) mass is 1830 g/mol. The Kier molecular flexibility index (Phi) is 36.1. The van der Waals surface area contributed by atoms with Gasteiger partial charge in [0.15, 0.2) is 93.1 Å². The van der Waals surface area contributed by atoms with Crippen LogP contribution in [-0.4, -0.2) is 0 Å². The van der Waals surface area contributed by atoms with E-state index in [9.17, 15) is 70.2 Å². The summed E-state index contributed by atoms with van der Waals surface area (Å²) in [6.07, 6.45) is 42.7. The van der Waals surface area contributed by atoms with E-state index in [1.165, 1.54) is 165 Å². The summed E-state index contributed by atoms with van der Waals surface area (Å²) in [5.74, 6) is -3.74. The zero-order valence-electron chi connectivity index (χ0n) is 78.7. The van der Waals surface area contributed by atoms with Crippen molar-refractivity contribution in [3.8, 4) is 22.3 Å². The van der Waals surface area contributed by atoms with Crippen molar-refractivity contribution in [1.82, 2.24) is 0 Å². The topological polar surface area (TPSA) is 0 Å². The average Bonchev–Trinajstić information content (AvgIpc) is 0.791. The lowest BCUT2D eigenvalue weighted by atomic mass is 9.68. The quantitative estimate of drug-likeness (QED) is 0.113. The molecule has 0 N–H and O–H groups in total. The molecule has 16 heteroatoms. The number of rotatable bonds is 11. The molecule has 8 aromatic carbocycles. The Morgan fingerprint density at radius 3 is 0.638 bits per heavy atom. The highest BCUT2D eigenvalue weighted by Crippen LogP contribution is 2.50. The van der Waals surface area contributed by atoms with E-state index in [0.29, 0.717) is 73.4 Å². The van der Waals surface area contributed by atoms with Crippen LogP contribution in [0.1, 0.15) is 360 Å². The molecule has 2 atom stereocenters. The first-order valence-corrected chi connectivity index (χ1v) is 49.1. The Morgan fingerprint density at radius 1 is 0.177 bits per heavy atom. The first-order valence-electron chi connectivity index (χ1n) is 49.1. The van der Waals surface area contributed by atoms with Crippen molar-refractivity contribution in [3.63, 3.8) is 0 Å². The fraction of sp³-hybridized carbons (Fsp3) is 0.544. The number of allylic oxidation sites excluding steroid dienone is 4. The van der Waals surface area contributed by atoms with E-state index in [1.54, 1.807) is 76.2 Å². The first-order chi connectivity index (χ1) is 62.1. The largest absolute Gasteiger partial charge is 0.203 e. The Hall–Kier alpha value is -7.88. The summed E-state index contributed by atoms with van der Waals surface area (Å²) in [5.41, 5.74) is 5.61. The molecule has 0 amide bonds. The fourth-order valence-corrected chi connectivity index (χ4v) is 22.6. The number of halogens is 16. The predicted octanol–water partition coefficient (Wildman–Crippen LogP) is 38.3. The molecule has 130 heavy (non-hydrogen) atoms. The van der Waals surface area contributed by atoms with E-state index >= 15 is 0 Å². The highest BCUT2D eigenvalue weighted by atomic mass is 19.2. The third kappa shape index (κ3) is 24.8. The molecule has 9 aliphatic carbocycles. The van der Waals surface area contributed by atoms with Gasteiger partial charge in [-0.25, -0.2) is 70.2 Å². The van der Waals surface area contributed by atoms with E-state index < -0.39 is 93.1 Å². The molecule has 9 aliphatic rings. The Balaban J connectivity index is 0.000000288. The molecule has 720 valence electrons. The van der Waals surface area contributed by atoms with Gasteiger partial charge in [-0.2, -0.15) is 0 Å². The minimum atomic E-state index is -1.15. The van der Waals surface area contributed by atoms with Gasteiger partial charge in [0.05, 0.1) is 0 Å². The van der Waals surface area contributed by atoms with Gasteiger partial charge in [0.1, 0.15) is 0 Å². The van der Waals surface area contributed by atoms with E-state index in [4.69, 9.17) is 0 Å². The minimum absolute atomic E-state index is 0. The van der Waals surface area contributed by atoms with Crippen molar-refractivity contribution in [3.05, 3.63) is 269 Å². The Morgan fingerprint density at radius 2 is 0.369 bits per heavy atom. The summed E-state index contributed by atoms with van der Waals surface area (Å²) in [7, 11) is 0. The van der Waals surface area contributed by atoms with Crippen LogP contribution in [0.15, 0.2) is 109 Å². The summed E-state index contributed by atoms with van der Waals surface area (Å²) in [6.45, 7) is 22.9. The van der Waals surface area contributed by atoms with Gasteiger partial charge in [0.25, 0.3) is 0 Å². The van der Waals surface area contributed by atoms with Crippen molar-refractivity contribution in [2.45, 2.75) is 325 Å². The zero-order chi connectivity index (χ0) is 93.6. The van der Waals surface area contributed by atoms with Crippen LogP contribution in [0.5, 0.6) is 0 Å². The average molecular weight is 1830 g/mol. The van der Waals surface area contributed by atoms with Gasteiger partial charge in [0.2, 0.25) is 0 Å². The molecular formula is C114H152F16. The van der Waals surface area contributed by atoms with Crippen molar-refractivity contribution in [1.29, 1.82) is 0 Å². The molecule has 0 nitrogen and oxygen atoms in total. The molecule has 7 fully saturated rings. The summed E-state index contributed by atoms with van der Waals surface area (Å²) in [5, 5.41) is 0. The zero-order valence-corrected chi connectivity index (χ0v) is 78.7. The van der Waals surface area contributed by atoms with Gasteiger partial charge in [0, 0.05) is 43.4 Å². The van der Waals surface area contributed by atoms with Crippen molar-refractivity contribution >= 4 is 11.1 Å². The van der Waals surface area contributed by atoms with Crippen LogP contribution in [0.4, 0.5) is 70.2 Å². The smallest absolute Gasteiger partial charge is 0.167 e. The van der Waals surface area contributed by atoms with Crippen LogP contribution in [0.2, 0.25) is 0 Å². The summed E-state index contributed by atoms with van der Waals surface area (Å²) < 4.78 is 225. The molecule has 7 saturated carbocycles. The molecular weight excluding hydrogens is 1670 g/mol. The summed E-state index contributed by atoms with van der Waals surface area (Å²) in [4.78, 5) is 0. The second kappa shape index (κ2) is 46.4. The lowest BCUT2D eigenvalue weighted by molar-refractivity contribution is 0.164. The molecule has 0 aromatic heterocycles. The summed E-state index contributed by atoms with van der Waals surface area (Å²) >= 11 is 0. The van der Waals surface area contributed by atoms with Crippen LogP contribution in [0, 0.1) is 206 Å². The first kappa shape index (κ1) is 101. The predicted molar refractivity (Wildman–Crippen MR) is 512 cm³/mol. The number of hydrogen-bond acceptors (Lipinski definition) is 0. The van der Waals surface area contributed by atoms with E-state index in [2.05, 4.69) is 47.6 Å². The summed E-state index contributed by atoms with van der Waals surface area (Å²) in [6, 6.07) is 24.9. The van der Waals surface area contributed by atoms with Crippen molar-refractivity contribution in [2.75, 3.05) is 0 Å². The molecule has 0 saturated heterocycles. The SMILES string of the molecule is Cc1ccc(-c2ccc(C3CCC(C)CC3)c(F)c2F)c(F)c1F.Cc1ccc(-c2ccc(C3CCC(C)CC3)c(F)c2F)c(F)c1F.Cc1ccc(C2=CCC(C)CC2)c(F)c1F.Cc1ccc(C2=CCC(C3CCC(C)CC3)CC2)c(F)c1F.Cc1ccc(C2CCC(C3CCC(C)CC3)CC2)c(F)c1F.Cc1ccc(C2CCC(C3CCC(C)CC3)CC2)c(F)c1F.[HH].[HH].[HH].[HH].[HH].[HH].[HH]. The Labute approximate surface area is 775 Å². The number of hydrogen-bond donors (Lipinski definition) is 0. The molecule has 0 spiro atoms. The number of aryl methyl sites for hydroxylation is 6. The van der Waals surface area contributed by atoms with Crippen LogP contribution in [0.25, 0.3) is 33.4 Å². The molecule has 8 aromatic rings. The van der Waals surface area contributed by atoms with Crippen molar-refractivity contribution in [2.24, 2.45) is 71.0 Å². The van der Waals surface area contributed by atoms with Gasteiger partial charge in [-0.05, 0) is 357 Å². The molecule has 2 unspecified atom stereocenters. The lowest BCUT2D eigenvalue weighted by Gasteiger charge is -2.37.